The molecule has 28 heavy (non-hydrogen) atoms. The smallest absolute Gasteiger partial charge is 0.323 e. The molecule has 0 radical (unpaired) electrons. The van der Waals surface area contributed by atoms with Gasteiger partial charge in [-0.25, -0.2) is 4.79 Å². The van der Waals surface area contributed by atoms with Gasteiger partial charge in [-0.2, -0.15) is 0 Å². The largest absolute Gasteiger partial charge is 0.346 e. The summed E-state index contributed by atoms with van der Waals surface area (Å²) in [5, 5.41) is 8.92. The number of benzene rings is 3. The zero-order valence-corrected chi connectivity index (χ0v) is 16.0. The second kappa shape index (κ2) is 9.06. The van der Waals surface area contributed by atoms with Crippen LogP contribution < -0.4 is 16.0 Å². The van der Waals surface area contributed by atoms with Crippen molar-refractivity contribution in [3.05, 3.63) is 95.0 Å². The summed E-state index contributed by atoms with van der Waals surface area (Å²) >= 11 is 5.90. The number of urea groups is 1. The molecule has 3 aromatic carbocycles. The number of carbonyl (C=O) groups excluding carboxylic acids is 2. The molecule has 3 N–H and O–H groups in total. The zero-order valence-electron chi connectivity index (χ0n) is 15.3. The third kappa shape index (κ3) is 5.34. The van der Waals surface area contributed by atoms with Gasteiger partial charge in [-0.3, -0.25) is 4.79 Å². The lowest BCUT2D eigenvalue weighted by Gasteiger charge is -2.14. The van der Waals surface area contributed by atoms with Gasteiger partial charge in [-0.05, 0) is 55.0 Å². The van der Waals surface area contributed by atoms with Crippen LogP contribution in [-0.2, 0) is 0 Å². The van der Waals surface area contributed by atoms with Gasteiger partial charge in [0.15, 0.2) is 0 Å². The van der Waals surface area contributed by atoms with E-state index in [-0.39, 0.29) is 11.9 Å². The molecule has 0 aromatic heterocycles. The number of hydrogen-bond donors (Lipinski definition) is 3. The van der Waals surface area contributed by atoms with Crippen molar-refractivity contribution < 1.29 is 9.59 Å². The van der Waals surface area contributed by atoms with Crippen LogP contribution in [0.1, 0.15) is 28.9 Å². The number of nitrogens with one attached hydrogen (secondary N) is 3. The Morgan fingerprint density at radius 2 is 1.50 bits per heavy atom. The molecular formula is C22H20ClN3O2. The minimum absolute atomic E-state index is 0.102. The van der Waals surface area contributed by atoms with Crippen molar-refractivity contribution >= 4 is 34.9 Å². The highest BCUT2D eigenvalue weighted by atomic mass is 35.5. The summed E-state index contributed by atoms with van der Waals surface area (Å²) in [4.78, 5) is 24.5. The summed E-state index contributed by atoms with van der Waals surface area (Å²) in [6, 6.07) is 22.8. The van der Waals surface area contributed by atoms with E-state index in [0.717, 1.165) is 5.56 Å². The normalized spacial score (nSPS) is 11.4. The fourth-order valence-electron chi connectivity index (χ4n) is 2.67. The van der Waals surface area contributed by atoms with Crippen molar-refractivity contribution in [1.29, 1.82) is 0 Å². The maximum absolute atomic E-state index is 12.4. The number of hydrogen-bond acceptors (Lipinski definition) is 2. The molecule has 0 aliphatic rings. The third-order valence-corrected chi connectivity index (χ3v) is 4.37. The van der Waals surface area contributed by atoms with Crippen molar-refractivity contribution in [2.75, 3.05) is 10.6 Å². The minimum Gasteiger partial charge on any atom is -0.346 e. The van der Waals surface area contributed by atoms with Crippen LogP contribution in [0.15, 0.2) is 78.9 Å². The lowest BCUT2D eigenvalue weighted by atomic mass is 10.1. The zero-order chi connectivity index (χ0) is 19.9. The van der Waals surface area contributed by atoms with E-state index < -0.39 is 6.03 Å². The fraction of sp³-hybridized carbons (Fsp3) is 0.0909. The van der Waals surface area contributed by atoms with Crippen LogP contribution in [-0.4, -0.2) is 11.9 Å². The summed E-state index contributed by atoms with van der Waals surface area (Å²) in [5.74, 6) is -0.175. The summed E-state index contributed by atoms with van der Waals surface area (Å²) in [5.41, 5.74) is 2.72. The Balaban J connectivity index is 1.56. The number of halogens is 1. The van der Waals surface area contributed by atoms with Crippen LogP contribution >= 0.6 is 11.6 Å². The van der Waals surface area contributed by atoms with Crippen LogP contribution in [0.25, 0.3) is 0 Å². The highest BCUT2D eigenvalue weighted by Crippen LogP contribution is 2.17. The van der Waals surface area contributed by atoms with Gasteiger partial charge in [-0.1, -0.05) is 48.0 Å². The van der Waals surface area contributed by atoms with E-state index in [4.69, 9.17) is 11.6 Å². The Morgan fingerprint density at radius 1 is 0.821 bits per heavy atom. The van der Waals surface area contributed by atoms with Gasteiger partial charge in [0.05, 0.1) is 6.04 Å². The van der Waals surface area contributed by atoms with Crippen molar-refractivity contribution in [2.45, 2.75) is 13.0 Å². The first-order valence-electron chi connectivity index (χ1n) is 8.81. The highest BCUT2D eigenvalue weighted by molar-refractivity contribution is 6.30. The Labute approximate surface area is 168 Å². The Morgan fingerprint density at radius 3 is 2.18 bits per heavy atom. The minimum atomic E-state index is -0.392. The van der Waals surface area contributed by atoms with E-state index in [1.54, 1.807) is 48.5 Å². The van der Waals surface area contributed by atoms with Crippen LogP contribution in [0.4, 0.5) is 16.2 Å². The topological polar surface area (TPSA) is 70.2 Å². The molecule has 0 aliphatic heterocycles. The second-order valence-corrected chi connectivity index (χ2v) is 6.71. The molecular weight excluding hydrogens is 374 g/mol. The molecule has 0 heterocycles. The SMILES string of the molecule is CC(NC(=O)c1ccc(NC(=O)Nc2cccc(Cl)c2)cc1)c1ccccc1. The van der Waals surface area contributed by atoms with E-state index >= 15 is 0 Å². The molecule has 0 saturated carbocycles. The van der Waals surface area contributed by atoms with Crippen molar-refractivity contribution in [2.24, 2.45) is 0 Å². The van der Waals surface area contributed by atoms with E-state index in [0.29, 0.717) is 22.0 Å². The molecule has 0 spiro atoms. The summed E-state index contributed by atoms with van der Waals surface area (Å²) in [7, 11) is 0. The lowest BCUT2D eigenvalue weighted by molar-refractivity contribution is 0.0940. The Hall–Kier alpha value is -3.31. The van der Waals surface area contributed by atoms with E-state index in [2.05, 4.69) is 16.0 Å². The molecule has 3 rings (SSSR count). The molecule has 1 unspecified atom stereocenters. The van der Waals surface area contributed by atoms with Gasteiger partial charge in [0.25, 0.3) is 5.91 Å². The van der Waals surface area contributed by atoms with Crippen molar-refractivity contribution in [3.63, 3.8) is 0 Å². The van der Waals surface area contributed by atoms with E-state index in [1.165, 1.54) is 0 Å². The average molecular weight is 394 g/mol. The predicted molar refractivity (Wildman–Crippen MR) is 113 cm³/mol. The standard InChI is InChI=1S/C22H20ClN3O2/c1-15(16-6-3-2-4-7-16)24-21(27)17-10-12-19(13-11-17)25-22(28)26-20-9-5-8-18(23)14-20/h2-15H,1H3,(H,24,27)(H2,25,26,28). The van der Waals surface area contributed by atoms with Gasteiger partial charge in [0.1, 0.15) is 0 Å². The van der Waals surface area contributed by atoms with Crippen LogP contribution in [0.2, 0.25) is 5.02 Å². The van der Waals surface area contributed by atoms with E-state index in [1.807, 2.05) is 37.3 Å². The highest BCUT2D eigenvalue weighted by Gasteiger charge is 2.11. The molecule has 6 heteroatoms. The molecule has 1 atom stereocenters. The first-order chi connectivity index (χ1) is 13.5. The lowest BCUT2D eigenvalue weighted by Crippen LogP contribution is -2.26. The first kappa shape index (κ1) is 19.5. The summed E-state index contributed by atoms with van der Waals surface area (Å²) in [6.07, 6.45) is 0. The van der Waals surface area contributed by atoms with E-state index in [9.17, 15) is 9.59 Å². The van der Waals surface area contributed by atoms with Crippen LogP contribution in [0, 0.1) is 0 Å². The number of rotatable bonds is 5. The maximum Gasteiger partial charge on any atom is 0.323 e. The Kier molecular flexibility index (Phi) is 6.29. The molecule has 0 saturated heterocycles. The first-order valence-corrected chi connectivity index (χ1v) is 9.18. The van der Waals surface area contributed by atoms with Crippen molar-refractivity contribution in [1.82, 2.24) is 5.32 Å². The van der Waals surface area contributed by atoms with Gasteiger partial charge in [-0.15, -0.1) is 0 Å². The monoisotopic (exact) mass is 393 g/mol. The van der Waals surface area contributed by atoms with Crippen LogP contribution in [0.5, 0.6) is 0 Å². The average Bonchev–Trinajstić information content (AvgIpc) is 2.69. The number of amides is 3. The molecule has 5 nitrogen and oxygen atoms in total. The van der Waals surface area contributed by atoms with Gasteiger partial charge in [0, 0.05) is 22.0 Å². The molecule has 142 valence electrons. The predicted octanol–water partition coefficient (Wildman–Crippen LogP) is 5.48. The molecule has 0 fully saturated rings. The number of carbonyl (C=O) groups is 2. The summed E-state index contributed by atoms with van der Waals surface area (Å²) < 4.78 is 0. The third-order valence-electron chi connectivity index (χ3n) is 4.13. The van der Waals surface area contributed by atoms with Gasteiger partial charge >= 0.3 is 6.03 Å². The maximum atomic E-state index is 12.4. The molecule has 0 bridgehead atoms. The number of anilines is 2. The van der Waals surface area contributed by atoms with Crippen LogP contribution in [0.3, 0.4) is 0 Å². The van der Waals surface area contributed by atoms with Gasteiger partial charge in [0.2, 0.25) is 0 Å². The molecule has 3 aromatic rings. The summed E-state index contributed by atoms with van der Waals surface area (Å²) in [6.45, 7) is 1.93. The molecule has 0 aliphatic carbocycles. The second-order valence-electron chi connectivity index (χ2n) is 6.27. The fourth-order valence-corrected chi connectivity index (χ4v) is 2.86. The van der Waals surface area contributed by atoms with Gasteiger partial charge < -0.3 is 16.0 Å². The quantitative estimate of drug-likeness (QED) is 0.537. The Bertz CT molecular complexity index is 959. The van der Waals surface area contributed by atoms with Crippen molar-refractivity contribution in [3.8, 4) is 0 Å². The molecule has 3 amide bonds.